The Morgan fingerprint density at radius 3 is 2.41 bits per heavy atom. The zero-order valence-corrected chi connectivity index (χ0v) is 12.3. The predicted molar refractivity (Wildman–Crippen MR) is 85.5 cm³/mol. The molecule has 0 radical (unpaired) electrons. The Bertz CT molecular complexity index is 954. The van der Waals surface area contributed by atoms with E-state index in [-0.39, 0.29) is 11.3 Å². The van der Waals surface area contributed by atoms with E-state index in [9.17, 15) is 14.7 Å². The molecule has 0 aliphatic rings. The number of benzene rings is 2. The van der Waals surface area contributed by atoms with Crippen molar-refractivity contribution < 1.29 is 9.90 Å². The Balaban J connectivity index is 2.35. The molecule has 0 amide bonds. The fourth-order valence-electron chi connectivity index (χ4n) is 2.65. The van der Waals surface area contributed by atoms with Gasteiger partial charge in [-0.15, -0.1) is 0 Å². The van der Waals surface area contributed by atoms with E-state index in [2.05, 4.69) is 0 Å². The van der Waals surface area contributed by atoms with Crippen LogP contribution in [-0.4, -0.2) is 15.5 Å². The van der Waals surface area contributed by atoms with Crippen molar-refractivity contribution in [3.8, 4) is 5.75 Å². The van der Waals surface area contributed by atoms with Crippen molar-refractivity contribution in [3.63, 3.8) is 0 Å². The van der Waals surface area contributed by atoms with Gasteiger partial charge in [0.2, 0.25) is 5.78 Å². The van der Waals surface area contributed by atoms with Gasteiger partial charge < -0.3 is 9.67 Å². The lowest BCUT2D eigenvalue weighted by Crippen LogP contribution is -2.25. The van der Waals surface area contributed by atoms with Crippen LogP contribution in [0.25, 0.3) is 10.9 Å². The molecule has 110 valence electrons. The largest absolute Gasteiger partial charge is 0.506 e. The quantitative estimate of drug-likeness (QED) is 0.739. The summed E-state index contributed by atoms with van der Waals surface area (Å²) in [5.41, 5.74) is 1.10. The number of carbonyl (C=O) groups is 1. The van der Waals surface area contributed by atoms with Gasteiger partial charge in [-0.05, 0) is 24.6 Å². The van der Waals surface area contributed by atoms with Crippen LogP contribution in [0.3, 0.4) is 0 Å². The molecule has 0 fully saturated rings. The molecule has 22 heavy (non-hydrogen) atoms. The van der Waals surface area contributed by atoms with Crippen LogP contribution < -0.4 is 5.56 Å². The molecule has 0 spiro atoms. The van der Waals surface area contributed by atoms with E-state index in [4.69, 9.17) is 0 Å². The van der Waals surface area contributed by atoms with E-state index in [0.29, 0.717) is 16.5 Å². The number of aryl methyl sites for hydroxylation is 2. The lowest BCUT2D eigenvalue weighted by molar-refractivity contribution is 0.103. The Morgan fingerprint density at radius 2 is 1.68 bits per heavy atom. The van der Waals surface area contributed by atoms with Gasteiger partial charge in [0, 0.05) is 18.0 Å². The van der Waals surface area contributed by atoms with Gasteiger partial charge in [0.1, 0.15) is 11.3 Å². The van der Waals surface area contributed by atoms with E-state index in [1.807, 2.05) is 6.07 Å². The van der Waals surface area contributed by atoms with Crippen LogP contribution in [0.2, 0.25) is 0 Å². The topological polar surface area (TPSA) is 59.3 Å². The van der Waals surface area contributed by atoms with Crippen molar-refractivity contribution in [3.05, 3.63) is 75.6 Å². The smallest absolute Gasteiger partial charge is 0.265 e. The fraction of sp³-hybridized carbons (Fsp3) is 0.111. The highest BCUT2D eigenvalue weighted by molar-refractivity contribution is 6.13. The molecule has 0 aliphatic heterocycles. The van der Waals surface area contributed by atoms with Gasteiger partial charge in [0.05, 0.1) is 5.52 Å². The number of nitrogens with zero attached hydrogens (tertiary/aromatic N) is 1. The molecule has 1 aromatic heterocycles. The van der Waals surface area contributed by atoms with E-state index >= 15 is 0 Å². The van der Waals surface area contributed by atoms with Crippen LogP contribution >= 0.6 is 0 Å². The standard InChI is InChI=1S/C18H15NO3/c1-11-7-3-4-8-12(11)16(20)15-17(21)13-9-5-6-10-14(13)19(2)18(15)22/h3-10,21H,1-2H3. The Kier molecular flexibility index (Phi) is 3.29. The molecule has 2 aromatic carbocycles. The van der Waals surface area contributed by atoms with Gasteiger partial charge in [-0.1, -0.05) is 36.4 Å². The number of ketones is 1. The van der Waals surface area contributed by atoms with Crippen molar-refractivity contribution >= 4 is 16.7 Å². The highest BCUT2D eigenvalue weighted by Crippen LogP contribution is 2.27. The predicted octanol–water partition coefficient (Wildman–Crippen LogP) is 2.78. The van der Waals surface area contributed by atoms with E-state index in [0.717, 1.165) is 5.56 Å². The van der Waals surface area contributed by atoms with Gasteiger partial charge in [-0.3, -0.25) is 9.59 Å². The van der Waals surface area contributed by atoms with Crippen molar-refractivity contribution in [1.29, 1.82) is 0 Å². The first-order valence-electron chi connectivity index (χ1n) is 6.93. The van der Waals surface area contributed by atoms with Crippen molar-refractivity contribution in [2.75, 3.05) is 0 Å². The van der Waals surface area contributed by atoms with Gasteiger partial charge >= 0.3 is 0 Å². The minimum absolute atomic E-state index is 0.185. The third-order valence-corrected chi connectivity index (χ3v) is 3.89. The zero-order valence-electron chi connectivity index (χ0n) is 12.3. The number of fused-ring (bicyclic) bond motifs is 1. The third-order valence-electron chi connectivity index (χ3n) is 3.89. The second kappa shape index (κ2) is 5.15. The fourth-order valence-corrected chi connectivity index (χ4v) is 2.65. The molecule has 4 nitrogen and oxygen atoms in total. The summed E-state index contributed by atoms with van der Waals surface area (Å²) in [5.74, 6) is -0.714. The molecule has 0 bridgehead atoms. The number of carbonyl (C=O) groups excluding carboxylic acids is 1. The summed E-state index contributed by atoms with van der Waals surface area (Å²) in [4.78, 5) is 25.2. The molecule has 1 N–H and O–H groups in total. The summed E-state index contributed by atoms with van der Waals surface area (Å²) in [6.07, 6.45) is 0. The first-order chi connectivity index (χ1) is 10.5. The monoisotopic (exact) mass is 293 g/mol. The summed E-state index contributed by atoms with van der Waals surface area (Å²) in [7, 11) is 1.60. The molecule has 1 heterocycles. The van der Waals surface area contributed by atoms with E-state index in [1.165, 1.54) is 4.57 Å². The van der Waals surface area contributed by atoms with Crippen molar-refractivity contribution in [2.24, 2.45) is 7.05 Å². The number of aromatic hydroxyl groups is 1. The molecule has 4 heteroatoms. The van der Waals surface area contributed by atoms with Crippen molar-refractivity contribution in [1.82, 2.24) is 4.57 Å². The number of aromatic nitrogens is 1. The SMILES string of the molecule is Cc1ccccc1C(=O)c1c(O)c2ccccc2n(C)c1=O. The average Bonchev–Trinajstić information content (AvgIpc) is 2.53. The molecule has 3 aromatic rings. The Hall–Kier alpha value is -2.88. The molecule has 0 saturated heterocycles. The average molecular weight is 293 g/mol. The summed E-state index contributed by atoms with van der Waals surface area (Å²) in [6.45, 7) is 1.80. The van der Waals surface area contributed by atoms with Gasteiger partial charge in [0.25, 0.3) is 5.56 Å². The minimum atomic E-state index is -0.496. The van der Waals surface area contributed by atoms with E-state index in [1.54, 1.807) is 56.4 Å². The molecular formula is C18H15NO3. The Morgan fingerprint density at radius 1 is 1.05 bits per heavy atom. The minimum Gasteiger partial charge on any atom is -0.506 e. The highest BCUT2D eigenvalue weighted by Gasteiger charge is 2.22. The number of para-hydroxylation sites is 1. The molecule has 0 unspecified atom stereocenters. The lowest BCUT2D eigenvalue weighted by atomic mass is 9.98. The normalized spacial score (nSPS) is 10.8. The van der Waals surface area contributed by atoms with Crippen LogP contribution in [0.4, 0.5) is 0 Å². The number of hydrogen-bond acceptors (Lipinski definition) is 3. The molecule has 0 saturated carbocycles. The van der Waals surface area contributed by atoms with Crippen LogP contribution in [0.5, 0.6) is 5.75 Å². The Labute approximate surface area is 127 Å². The maximum atomic E-state index is 12.7. The second-order valence-electron chi connectivity index (χ2n) is 5.25. The van der Waals surface area contributed by atoms with Crippen LogP contribution in [0.1, 0.15) is 21.5 Å². The molecule has 3 rings (SSSR count). The second-order valence-corrected chi connectivity index (χ2v) is 5.25. The number of rotatable bonds is 2. The van der Waals surface area contributed by atoms with Crippen LogP contribution in [-0.2, 0) is 7.05 Å². The summed E-state index contributed by atoms with van der Waals surface area (Å²) >= 11 is 0. The summed E-state index contributed by atoms with van der Waals surface area (Å²) < 4.78 is 1.39. The zero-order chi connectivity index (χ0) is 15.9. The first kappa shape index (κ1) is 14.1. The van der Waals surface area contributed by atoms with Crippen LogP contribution in [0, 0.1) is 6.92 Å². The maximum absolute atomic E-state index is 12.7. The van der Waals surface area contributed by atoms with Crippen molar-refractivity contribution in [2.45, 2.75) is 6.92 Å². The maximum Gasteiger partial charge on any atom is 0.265 e. The molecule has 0 aliphatic carbocycles. The van der Waals surface area contributed by atoms with Crippen LogP contribution in [0.15, 0.2) is 53.3 Å². The van der Waals surface area contributed by atoms with Gasteiger partial charge in [0.15, 0.2) is 0 Å². The third kappa shape index (κ3) is 2.00. The lowest BCUT2D eigenvalue weighted by Gasteiger charge is -2.12. The van der Waals surface area contributed by atoms with Gasteiger partial charge in [-0.2, -0.15) is 0 Å². The first-order valence-corrected chi connectivity index (χ1v) is 6.93. The summed E-state index contributed by atoms with van der Waals surface area (Å²) in [5, 5.41) is 10.9. The molecule has 0 atom stereocenters. The van der Waals surface area contributed by atoms with E-state index < -0.39 is 11.3 Å². The van der Waals surface area contributed by atoms with Gasteiger partial charge in [-0.25, -0.2) is 0 Å². The number of pyridine rings is 1. The highest BCUT2D eigenvalue weighted by atomic mass is 16.3. The summed E-state index contributed by atoms with van der Waals surface area (Å²) in [6, 6.07) is 14.0. The number of hydrogen-bond donors (Lipinski definition) is 1. The molecular weight excluding hydrogens is 278 g/mol.